The Kier molecular flexibility index (Phi) is 5.67. The second-order valence-electron chi connectivity index (χ2n) is 4.14. The predicted molar refractivity (Wildman–Crippen MR) is 74.1 cm³/mol. The molecule has 0 bridgehead atoms. The Hall–Kier alpha value is -2.23. The van der Waals surface area contributed by atoms with E-state index in [2.05, 4.69) is 6.58 Å². The van der Waals surface area contributed by atoms with Crippen LogP contribution in [0.5, 0.6) is 11.5 Å². The second-order valence-corrected chi connectivity index (χ2v) is 4.14. The lowest BCUT2D eigenvalue weighted by Gasteiger charge is -2.04. The van der Waals surface area contributed by atoms with E-state index in [0.29, 0.717) is 18.8 Å². The van der Waals surface area contributed by atoms with Gasteiger partial charge >= 0.3 is 5.97 Å². The molecule has 4 heteroatoms. The Morgan fingerprint density at radius 3 is 2.84 bits per heavy atom. The molecule has 0 aliphatic carbocycles. The highest BCUT2D eigenvalue weighted by Crippen LogP contribution is 2.26. The van der Waals surface area contributed by atoms with E-state index in [-0.39, 0.29) is 5.75 Å². The van der Waals surface area contributed by atoms with Crippen molar-refractivity contribution in [1.29, 1.82) is 0 Å². The van der Waals surface area contributed by atoms with Crippen LogP contribution in [-0.4, -0.2) is 24.8 Å². The summed E-state index contributed by atoms with van der Waals surface area (Å²) in [5.41, 5.74) is 1.71. The molecule has 1 aromatic carbocycles. The molecule has 0 atom stereocenters. The van der Waals surface area contributed by atoms with Crippen LogP contribution in [0.1, 0.15) is 18.9 Å². The lowest BCUT2D eigenvalue weighted by Crippen LogP contribution is -2.02. The minimum absolute atomic E-state index is 0.0590. The largest absolute Gasteiger partial charge is 0.504 e. The van der Waals surface area contributed by atoms with Crippen molar-refractivity contribution in [2.45, 2.75) is 13.3 Å². The van der Waals surface area contributed by atoms with Gasteiger partial charge in [0.15, 0.2) is 11.5 Å². The van der Waals surface area contributed by atoms with Crippen molar-refractivity contribution in [3.8, 4) is 11.5 Å². The van der Waals surface area contributed by atoms with Crippen molar-refractivity contribution in [2.75, 3.05) is 13.7 Å². The number of carbonyl (C=O) groups excluding carboxylic acids is 1. The normalized spacial score (nSPS) is 10.4. The predicted octanol–water partition coefficient (Wildman–Crippen LogP) is 2.92. The van der Waals surface area contributed by atoms with Crippen LogP contribution < -0.4 is 4.74 Å². The molecule has 0 unspecified atom stereocenters. The molecule has 0 radical (unpaired) electrons. The van der Waals surface area contributed by atoms with Crippen LogP contribution in [0.4, 0.5) is 0 Å². The van der Waals surface area contributed by atoms with Crippen LogP contribution in [0, 0.1) is 0 Å². The number of ether oxygens (including phenoxy) is 2. The van der Waals surface area contributed by atoms with Gasteiger partial charge in [0.05, 0.1) is 13.7 Å². The fourth-order valence-corrected chi connectivity index (χ4v) is 1.34. The molecule has 1 N–H and O–H groups in total. The summed E-state index contributed by atoms with van der Waals surface area (Å²) in [5.74, 6) is 0.00905. The molecule has 0 heterocycles. The van der Waals surface area contributed by atoms with E-state index in [1.165, 1.54) is 19.3 Å². The number of hydrogen-bond donors (Lipinski definition) is 1. The highest BCUT2D eigenvalue weighted by Gasteiger charge is 2.01. The van der Waals surface area contributed by atoms with Crippen LogP contribution in [0.2, 0.25) is 0 Å². The summed E-state index contributed by atoms with van der Waals surface area (Å²) in [6, 6.07) is 4.81. The molecular weight excluding hydrogens is 244 g/mol. The second kappa shape index (κ2) is 7.26. The summed E-state index contributed by atoms with van der Waals surface area (Å²) in [5, 5.41) is 9.43. The summed E-state index contributed by atoms with van der Waals surface area (Å²) in [4.78, 5) is 11.4. The number of phenolic OH excluding ortho intramolecular Hbond substituents is 1. The molecular formula is C15H18O4. The van der Waals surface area contributed by atoms with E-state index < -0.39 is 5.97 Å². The average molecular weight is 262 g/mol. The van der Waals surface area contributed by atoms with Crippen LogP contribution in [0.15, 0.2) is 36.4 Å². The van der Waals surface area contributed by atoms with Crippen LogP contribution in [0.3, 0.4) is 0 Å². The molecule has 0 aliphatic rings. The molecule has 1 rings (SSSR count). The Morgan fingerprint density at radius 2 is 2.21 bits per heavy atom. The van der Waals surface area contributed by atoms with E-state index in [0.717, 1.165) is 11.1 Å². The third-order valence-electron chi connectivity index (χ3n) is 2.39. The number of phenols is 1. The number of hydrogen-bond acceptors (Lipinski definition) is 4. The summed E-state index contributed by atoms with van der Waals surface area (Å²) >= 11 is 0. The molecule has 0 amide bonds. The van der Waals surface area contributed by atoms with E-state index in [9.17, 15) is 9.90 Å². The molecule has 0 spiro atoms. The first-order valence-electron chi connectivity index (χ1n) is 5.89. The Morgan fingerprint density at radius 1 is 1.47 bits per heavy atom. The Labute approximate surface area is 113 Å². The number of methoxy groups -OCH3 is 1. The zero-order valence-corrected chi connectivity index (χ0v) is 11.2. The third-order valence-corrected chi connectivity index (χ3v) is 2.39. The van der Waals surface area contributed by atoms with Crippen LogP contribution in [0.25, 0.3) is 6.08 Å². The zero-order valence-electron chi connectivity index (χ0n) is 11.2. The van der Waals surface area contributed by atoms with Gasteiger partial charge in [-0.15, -0.1) is 6.58 Å². The summed E-state index contributed by atoms with van der Waals surface area (Å²) in [7, 11) is 1.47. The first-order valence-corrected chi connectivity index (χ1v) is 5.89. The molecule has 0 fully saturated rings. The zero-order chi connectivity index (χ0) is 14.3. The van der Waals surface area contributed by atoms with Gasteiger partial charge in [0.1, 0.15) is 0 Å². The molecule has 4 nitrogen and oxygen atoms in total. The number of esters is 1. The van der Waals surface area contributed by atoms with Crippen molar-refractivity contribution < 1.29 is 19.4 Å². The molecule has 102 valence electrons. The van der Waals surface area contributed by atoms with Crippen LogP contribution >= 0.6 is 0 Å². The molecule has 0 saturated carbocycles. The maximum absolute atomic E-state index is 11.4. The monoisotopic (exact) mass is 262 g/mol. The van der Waals surface area contributed by atoms with Crippen LogP contribution in [-0.2, 0) is 9.53 Å². The average Bonchev–Trinajstić information content (AvgIpc) is 2.37. The third kappa shape index (κ3) is 5.29. The number of rotatable bonds is 6. The van der Waals surface area contributed by atoms with Crippen molar-refractivity contribution in [2.24, 2.45) is 0 Å². The van der Waals surface area contributed by atoms with Crippen molar-refractivity contribution in [3.05, 3.63) is 42.0 Å². The number of aromatic hydroxyl groups is 1. The van der Waals surface area contributed by atoms with Gasteiger partial charge < -0.3 is 14.6 Å². The molecule has 0 aromatic heterocycles. The summed E-state index contributed by atoms with van der Waals surface area (Å²) < 4.78 is 9.96. The maximum Gasteiger partial charge on any atom is 0.330 e. The fraction of sp³-hybridized carbons (Fsp3) is 0.267. The van der Waals surface area contributed by atoms with Crippen molar-refractivity contribution in [3.63, 3.8) is 0 Å². The number of benzene rings is 1. The highest BCUT2D eigenvalue weighted by molar-refractivity contribution is 5.87. The fourth-order valence-electron chi connectivity index (χ4n) is 1.34. The summed E-state index contributed by atoms with van der Waals surface area (Å²) in [6.45, 7) is 5.94. The van der Waals surface area contributed by atoms with Gasteiger partial charge in [0.2, 0.25) is 0 Å². The molecule has 0 saturated heterocycles. The smallest absolute Gasteiger partial charge is 0.330 e. The van der Waals surface area contributed by atoms with Gasteiger partial charge in [-0.3, -0.25) is 0 Å². The minimum Gasteiger partial charge on any atom is -0.504 e. The Balaban J connectivity index is 2.56. The molecule has 1 aromatic rings. The van der Waals surface area contributed by atoms with Crippen molar-refractivity contribution in [1.82, 2.24) is 0 Å². The van der Waals surface area contributed by atoms with Gasteiger partial charge in [-0.05, 0) is 30.7 Å². The molecule has 19 heavy (non-hydrogen) atoms. The van der Waals surface area contributed by atoms with E-state index >= 15 is 0 Å². The highest BCUT2D eigenvalue weighted by atomic mass is 16.5. The lowest BCUT2D eigenvalue weighted by atomic mass is 10.2. The lowest BCUT2D eigenvalue weighted by molar-refractivity contribution is -0.137. The van der Waals surface area contributed by atoms with Gasteiger partial charge in [0.25, 0.3) is 0 Å². The van der Waals surface area contributed by atoms with E-state index in [4.69, 9.17) is 9.47 Å². The maximum atomic E-state index is 11.4. The SMILES string of the molecule is C=C(C)CCOC(=O)C=Cc1ccc(O)c(OC)c1. The quantitative estimate of drug-likeness (QED) is 0.486. The minimum atomic E-state index is -0.409. The first kappa shape index (κ1) is 14.8. The topological polar surface area (TPSA) is 55.8 Å². The van der Waals surface area contributed by atoms with Gasteiger partial charge in [0, 0.05) is 12.5 Å². The Bertz CT molecular complexity index is 489. The van der Waals surface area contributed by atoms with Crippen molar-refractivity contribution >= 4 is 12.0 Å². The van der Waals surface area contributed by atoms with Gasteiger partial charge in [-0.1, -0.05) is 11.6 Å². The molecule has 0 aliphatic heterocycles. The van der Waals surface area contributed by atoms with E-state index in [1.807, 2.05) is 6.92 Å². The van der Waals surface area contributed by atoms with Gasteiger partial charge in [-0.25, -0.2) is 4.79 Å². The van der Waals surface area contributed by atoms with Gasteiger partial charge in [-0.2, -0.15) is 0 Å². The number of carbonyl (C=O) groups is 1. The first-order chi connectivity index (χ1) is 9.02. The van der Waals surface area contributed by atoms with E-state index in [1.54, 1.807) is 18.2 Å². The summed E-state index contributed by atoms with van der Waals surface area (Å²) in [6.07, 6.45) is 3.60. The standard InChI is InChI=1S/C15H18O4/c1-11(2)8-9-19-15(17)7-5-12-4-6-13(16)14(10-12)18-3/h4-7,10,16H,1,8-9H2,2-3H3.